The molecule has 1 aromatic heterocycles. The van der Waals surface area contributed by atoms with Crippen LogP contribution in [0.4, 0.5) is 0 Å². The number of carbonyl (C=O) groups is 1. The predicted molar refractivity (Wildman–Crippen MR) is 68.2 cm³/mol. The lowest BCUT2D eigenvalue weighted by Gasteiger charge is -2.22. The van der Waals surface area contributed by atoms with Gasteiger partial charge in [0.05, 0.1) is 12.2 Å². The fourth-order valence-corrected chi connectivity index (χ4v) is 1.73. The Kier molecular flexibility index (Phi) is 4.72. The van der Waals surface area contributed by atoms with E-state index >= 15 is 0 Å². The Bertz CT molecular complexity index is 547. The van der Waals surface area contributed by atoms with E-state index in [9.17, 15) is 13.2 Å². The summed E-state index contributed by atoms with van der Waals surface area (Å²) in [5.74, 6) is -0.637. The lowest BCUT2D eigenvalue weighted by atomic mass is 10.1. The molecule has 0 aromatic carbocycles. The van der Waals surface area contributed by atoms with Crippen LogP contribution in [0.3, 0.4) is 0 Å². The summed E-state index contributed by atoms with van der Waals surface area (Å²) in [6, 6.07) is 1.14. The number of hydrogen-bond acceptors (Lipinski definition) is 5. The second-order valence-corrected chi connectivity index (χ2v) is 6.21. The van der Waals surface area contributed by atoms with Gasteiger partial charge < -0.3 is 14.5 Å². The van der Waals surface area contributed by atoms with Crippen molar-refractivity contribution < 1.29 is 22.7 Å². The number of methoxy groups -OCH3 is 1. The molecule has 0 radical (unpaired) electrons. The molecule has 0 aliphatic rings. The third-order valence-corrected chi connectivity index (χ3v) is 3.59. The number of aromatic amines is 1. The highest BCUT2D eigenvalue weighted by atomic mass is 32.2. The van der Waals surface area contributed by atoms with Crippen molar-refractivity contribution >= 4 is 16.0 Å². The van der Waals surface area contributed by atoms with Gasteiger partial charge in [-0.2, -0.15) is 0 Å². The molecule has 19 heavy (non-hydrogen) atoms. The number of esters is 1. The average Bonchev–Trinajstić information content (AvgIpc) is 2.77. The Hall–Kier alpha value is -1.38. The minimum absolute atomic E-state index is 0.0410. The molecule has 0 aliphatic heterocycles. The van der Waals surface area contributed by atoms with Gasteiger partial charge in [0.1, 0.15) is 10.6 Å². The highest BCUT2D eigenvalue weighted by Crippen LogP contribution is 2.14. The number of ether oxygens (including phenoxy) is 2. The van der Waals surface area contributed by atoms with Crippen molar-refractivity contribution in [1.29, 1.82) is 0 Å². The first-order valence-corrected chi connectivity index (χ1v) is 7.14. The standard InChI is InChI=1S/C11H18N2O5S/c1-11(2,17-3)4-5-18-10(14)9-6-8(7-13-9)19(12,15)16/h6-7,13H,4-5H2,1-3H3,(H2,12,15,16). The highest BCUT2D eigenvalue weighted by Gasteiger charge is 2.19. The molecule has 1 heterocycles. The molecule has 0 saturated carbocycles. The minimum Gasteiger partial charge on any atom is -0.461 e. The molecular weight excluding hydrogens is 272 g/mol. The molecule has 108 valence electrons. The first-order chi connectivity index (χ1) is 8.65. The van der Waals surface area contributed by atoms with Gasteiger partial charge in [-0.15, -0.1) is 0 Å². The van der Waals surface area contributed by atoms with Gasteiger partial charge in [0.2, 0.25) is 10.0 Å². The molecular formula is C11H18N2O5S. The normalized spacial score (nSPS) is 12.4. The van der Waals surface area contributed by atoms with E-state index in [4.69, 9.17) is 14.6 Å². The summed E-state index contributed by atoms with van der Waals surface area (Å²) in [5, 5.41) is 4.93. The predicted octanol–water partition coefficient (Wildman–Crippen LogP) is 0.634. The fraction of sp³-hybridized carbons (Fsp3) is 0.545. The number of sulfonamides is 1. The maximum Gasteiger partial charge on any atom is 0.354 e. The number of nitrogens with one attached hydrogen (secondary N) is 1. The SMILES string of the molecule is COC(C)(C)CCOC(=O)c1cc(S(N)(=O)=O)c[nH]1. The summed E-state index contributed by atoms with van der Waals surface area (Å²) >= 11 is 0. The number of aromatic nitrogens is 1. The first kappa shape index (κ1) is 15.7. The first-order valence-electron chi connectivity index (χ1n) is 5.59. The molecule has 1 rings (SSSR count). The van der Waals surface area contributed by atoms with E-state index in [1.807, 2.05) is 13.8 Å². The summed E-state index contributed by atoms with van der Waals surface area (Å²) in [4.78, 5) is 14.0. The van der Waals surface area contributed by atoms with E-state index in [-0.39, 0.29) is 22.8 Å². The third-order valence-electron chi connectivity index (χ3n) is 2.69. The fourth-order valence-electron chi connectivity index (χ4n) is 1.23. The average molecular weight is 290 g/mol. The van der Waals surface area contributed by atoms with Crippen molar-refractivity contribution in [2.24, 2.45) is 5.14 Å². The van der Waals surface area contributed by atoms with Crippen LogP contribution in [0.1, 0.15) is 30.8 Å². The minimum atomic E-state index is -3.82. The molecule has 0 bridgehead atoms. The van der Waals surface area contributed by atoms with Crippen molar-refractivity contribution in [3.63, 3.8) is 0 Å². The maximum atomic E-state index is 11.6. The van der Waals surface area contributed by atoms with Crippen LogP contribution in [-0.2, 0) is 19.5 Å². The van der Waals surface area contributed by atoms with E-state index in [1.165, 1.54) is 0 Å². The van der Waals surface area contributed by atoms with Gasteiger partial charge in [0.25, 0.3) is 0 Å². The van der Waals surface area contributed by atoms with Crippen LogP contribution in [0.25, 0.3) is 0 Å². The van der Waals surface area contributed by atoms with Crippen LogP contribution in [-0.4, -0.2) is 38.7 Å². The van der Waals surface area contributed by atoms with Crippen LogP contribution in [0, 0.1) is 0 Å². The van der Waals surface area contributed by atoms with Crippen LogP contribution in [0.2, 0.25) is 0 Å². The van der Waals surface area contributed by atoms with E-state index in [0.29, 0.717) is 6.42 Å². The maximum absolute atomic E-state index is 11.6. The van der Waals surface area contributed by atoms with Gasteiger partial charge in [-0.3, -0.25) is 0 Å². The van der Waals surface area contributed by atoms with Gasteiger partial charge in [0.15, 0.2) is 0 Å². The van der Waals surface area contributed by atoms with Crippen molar-refractivity contribution in [1.82, 2.24) is 4.98 Å². The Labute approximate surface area is 112 Å². The Balaban J connectivity index is 2.58. The summed E-state index contributed by atoms with van der Waals surface area (Å²) in [6.07, 6.45) is 1.67. The molecule has 1 aromatic rings. The zero-order valence-electron chi connectivity index (χ0n) is 11.1. The summed E-state index contributed by atoms with van der Waals surface area (Å²) in [7, 11) is -2.25. The summed E-state index contributed by atoms with van der Waals surface area (Å²) < 4.78 is 32.3. The van der Waals surface area contributed by atoms with E-state index < -0.39 is 16.0 Å². The molecule has 3 N–H and O–H groups in total. The van der Waals surface area contributed by atoms with Crippen molar-refractivity contribution in [3.05, 3.63) is 18.0 Å². The number of carbonyl (C=O) groups excluding carboxylic acids is 1. The molecule has 0 unspecified atom stereocenters. The molecule has 7 nitrogen and oxygen atoms in total. The second-order valence-electron chi connectivity index (χ2n) is 4.64. The van der Waals surface area contributed by atoms with Crippen molar-refractivity contribution in [2.75, 3.05) is 13.7 Å². The number of primary sulfonamides is 1. The Morgan fingerprint density at radius 1 is 1.47 bits per heavy atom. The quantitative estimate of drug-likeness (QED) is 0.746. The summed E-state index contributed by atoms with van der Waals surface area (Å²) in [5.41, 5.74) is -0.346. The third kappa shape index (κ3) is 4.66. The van der Waals surface area contributed by atoms with Crippen molar-refractivity contribution in [3.8, 4) is 0 Å². The van der Waals surface area contributed by atoms with Crippen LogP contribution >= 0.6 is 0 Å². The zero-order chi connectivity index (χ0) is 14.7. The van der Waals surface area contributed by atoms with Gasteiger partial charge in [-0.05, 0) is 19.9 Å². The molecule has 0 fully saturated rings. The van der Waals surface area contributed by atoms with E-state index in [2.05, 4.69) is 4.98 Å². The van der Waals surface area contributed by atoms with Crippen LogP contribution in [0.5, 0.6) is 0 Å². The molecule has 0 aliphatic carbocycles. The highest BCUT2D eigenvalue weighted by molar-refractivity contribution is 7.89. The van der Waals surface area contributed by atoms with Gasteiger partial charge in [-0.25, -0.2) is 18.4 Å². The molecule has 0 amide bonds. The van der Waals surface area contributed by atoms with Crippen LogP contribution in [0.15, 0.2) is 17.2 Å². The van der Waals surface area contributed by atoms with E-state index in [1.54, 1.807) is 7.11 Å². The monoisotopic (exact) mass is 290 g/mol. The second kappa shape index (κ2) is 5.72. The van der Waals surface area contributed by atoms with Gasteiger partial charge in [-0.1, -0.05) is 0 Å². The van der Waals surface area contributed by atoms with E-state index in [0.717, 1.165) is 12.3 Å². The number of H-pyrrole nitrogens is 1. The smallest absolute Gasteiger partial charge is 0.354 e. The molecule has 0 saturated heterocycles. The molecule has 0 atom stereocenters. The molecule has 8 heteroatoms. The Morgan fingerprint density at radius 3 is 2.58 bits per heavy atom. The van der Waals surface area contributed by atoms with Gasteiger partial charge in [0, 0.05) is 19.7 Å². The number of nitrogens with two attached hydrogens (primary N) is 1. The zero-order valence-corrected chi connectivity index (χ0v) is 11.9. The molecule has 0 spiro atoms. The summed E-state index contributed by atoms with van der Waals surface area (Å²) in [6.45, 7) is 3.91. The largest absolute Gasteiger partial charge is 0.461 e. The number of rotatable bonds is 6. The lowest BCUT2D eigenvalue weighted by molar-refractivity contribution is -0.00579. The van der Waals surface area contributed by atoms with Gasteiger partial charge >= 0.3 is 5.97 Å². The van der Waals surface area contributed by atoms with Crippen molar-refractivity contribution in [2.45, 2.75) is 30.8 Å². The topological polar surface area (TPSA) is 111 Å². The Morgan fingerprint density at radius 2 is 2.11 bits per heavy atom. The lowest BCUT2D eigenvalue weighted by Crippen LogP contribution is -2.25. The van der Waals surface area contributed by atoms with Crippen LogP contribution < -0.4 is 5.14 Å². The number of hydrogen-bond donors (Lipinski definition) is 2.